The number of nitrogens with zero attached hydrogens (tertiary/aromatic N) is 2. The SMILES string of the molecule is C[C@H](O)C(=O)Nc1ccc(CN2C(=O)[C@@](O)([C@@H](C)/C=C/CC(=O)N3CCC[C@H]3CO)c3cc(Cl)ccc32)cc1. The number of rotatable bonds is 9. The molecule has 2 heterocycles. The largest absolute Gasteiger partial charge is 0.394 e. The number of nitrogens with one attached hydrogen (secondary N) is 1. The van der Waals surface area contributed by atoms with Crippen molar-refractivity contribution in [2.75, 3.05) is 23.4 Å². The molecule has 9 nitrogen and oxygen atoms in total. The van der Waals surface area contributed by atoms with E-state index in [-0.39, 0.29) is 31.5 Å². The van der Waals surface area contributed by atoms with Gasteiger partial charge < -0.3 is 30.4 Å². The molecule has 4 atom stereocenters. The maximum atomic E-state index is 13.7. The summed E-state index contributed by atoms with van der Waals surface area (Å²) in [6.07, 6.45) is 3.95. The molecule has 10 heteroatoms. The number of hydrogen-bond donors (Lipinski definition) is 4. The van der Waals surface area contributed by atoms with Crippen LogP contribution in [0.15, 0.2) is 54.6 Å². The van der Waals surface area contributed by atoms with Gasteiger partial charge in [-0.2, -0.15) is 0 Å². The summed E-state index contributed by atoms with van der Waals surface area (Å²) in [6, 6.07) is 11.7. The van der Waals surface area contributed by atoms with Crippen LogP contribution in [0.3, 0.4) is 0 Å². The number of carbonyl (C=O) groups excluding carboxylic acids is 3. The van der Waals surface area contributed by atoms with E-state index in [0.717, 1.165) is 18.4 Å². The molecular weight excluding hydrogens is 522 g/mol. The van der Waals surface area contributed by atoms with Crippen molar-refractivity contribution in [2.24, 2.45) is 5.92 Å². The average Bonchev–Trinajstić information content (AvgIpc) is 3.47. The zero-order valence-corrected chi connectivity index (χ0v) is 22.8. The van der Waals surface area contributed by atoms with Gasteiger partial charge in [-0.15, -0.1) is 0 Å². The van der Waals surface area contributed by atoms with Gasteiger partial charge in [-0.25, -0.2) is 0 Å². The average molecular weight is 556 g/mol. The van der Waals surface area contributed by atoms with Gasteiger partial charge in [0.25, 0.3) is 11.8 Å². The molecule has 39 heavy (non-hydrogen) atoms. The number of fused-ring (bicyclic) bond motifs is 1. The molecule has 0 bridgehead atoms. The minimum atomic E-state index is -1.88. The quantitative estimate of drug-likeness (QED) is 0.352. The van der Waals surface area contributed by atoms with Gasteiger partial charge in [-0.1, -0.05) is 42.8 Å². The Hall–Kier alpha value is -3.24. The molecule has 2 aliphatic rings. The highest BCUT2D eigenvalue weighted by atomic mass is 35.5. The number of likely N-dealkylation sites (tertiary alicyclic amines) is 1. The van der Waals surface area contributed by atoms with Crippen LogP contribution in [0.2, 0.25) is 5.02 Å². The Morgan fingerprint density at radius 2 is 1.92 bits per heavy atom. The van der Waals surface area contributed by atoms with E-state index in [0.29, 0.717) is 28.5 Å². The van der Waals surface area contributed by atoms with Crippen LogP contribution in [0.1, 0.15) is 44.2 Å². The molecule has 1 saturated heterocycles. The number of hydrogen-bond acceptors (Lipinski definition) is 6. The third-order valence-corrected chi connectivity index (χ3v) is 7.69. The first kappa shape index (κ1) is 28.8. The van der Waals surface area contributed by atoms with Crippen molar-refractivity contribution in [3.8, 4) is 0 Å². The summed E-state index contributed by atoms with van der Waals surface area (Å²) < 4.78 is 0. The van der Waals surface area contributed by atoms with Gasteiger partial charge in [0.05, 0.1) is 24.9 Å². The highest BCUT2D eigenvalue weighted by Crippen LogP contribution is 2.46. The van der Waals surface area contributed by atoms with Crippen molar-refractivity contribution in [1.29, 1.82) is 0 Å². The van der Waals surface area contributed by atoms with E-state index in [1.165, 1.54) is 11.8 Å². The fourth-order valence-electron chi connectivity index (χ4n) is 5.18. The lowest BCUT2D eigenvalue weighted by Gasteiger charge is -2.28. The highest BCUT2D eigenvalue weighted by molar-refractivity contribution is 6.31. The van der Waals surface area contributed by atoms with Crippen molar-refractivity contribution in [3.63, 3.8) is 0 Å². The van der Waals surface area contributed by atoms with Crippen LogP contribution in [0.5, 0.6) is 0 Å². The summed E-state index contributed by atoms with van der Waals surface area (Å²) in [7, 11) is 0. The van der Waals surface area contributed by atoms with Crippen LogP contribution >= 0.6 is 11.6 Å². The molecule has 0 unspecified atom stereocenters. The van der Waals surface area contributed by atoms with E-state index in [2.05, 4.69) is 5.32 Å². The van der Waals surface area contributed by atoms with Crippen LogP contribution in [0, 0.1) is 5.92 Å². The van der Waals surface area contributed by atoms with E-state index < -0.39 is 29.4 Å². The van der Waals surface area contributed by atoms with Gasteiger partial charge in [-0.3, -0.25) is 14.4 Å². The van der Waals surface area contributed by atoms with Crippen molar-refractivity contribution < 1.29 is 29.7 Å². The molecule has 0 spiro atoms. The second kappa shape index (κ2) is 11.9. The van der Waals surface area contributed by atoms with Gasteiger partial charge in [-0.05, 0) is 55.7 Å². The molecule has 1 fully saturated rings. The van der Waals surface area contributed by atoms with Crippen molar-refractivity contribution in [2.45, 2.75) is 57.4 Å². The molecule has 2 aliphatic heterocycles. The summed E-state index contributed by atoms with van der Waals surface area (Å²) in [5.74, 6) is -1.79. The van der Waals surface area contributed by atoms with Crippen molar-refractivity contribution >= 4 is 40.7 Å². The predicted octanol–water partition coefficient (Wildman–Crippen LogP) is 2.96. The Morgan fingerprint density at radius 3 is 2.59 bits per heavy atom. The third kappa shape index (κ3) is 5.86. The molecule has 2 aromatic rings. The lowest BCUT2D eigenvalue weighted by molar-refractivity contribution is -0.139. The van der Waals surface area contributed by atoms with E-state index in [1.807, 2.05) is 0 Å². The summed E-state index contributed by atoms with van der Waals surface area (Å²) in [6.45, 7) is 3.82. The first-order valence-corrected chi connectivity index (χ1v) is 13.4. The van der Waals surface area contributed by atoms with Crippen molar-refractivity contribution in [3.05, 3.63) is 70.8 Å². The van der Waals surface area contributed by atoms with Crippen LogP contribution in [0.4, 0.5) is 11.4 Å². The Morgan fingerprint density at radius 1 is 1.21 bits per heavy atom. The number of halogens is 1. The summed E-state index contributed by atoms with van der Waals surface area (Å²) in [5, 5.41) is 33.7. The van der Waals surface area contributed by atoms with Gasteiger partial charge >= 0.3 is 0 Å². The van der Waals surface area contributed by atoms with Gasteiger partial charge in [0.1, 0.15) is 6.10 Å². The molecule has 0 saturated carbocycles. The smallest absolute Gasteiger partial charge is 0.264 e. The molecule has 0 aromatic heterocycles. The maximum Gasteiger partial charge on any atom is 0.264 e. The fraction of sp³-hybridized carbons (Fsp3) is 0.414. The standard InChI is InChI=1S/C29H34ClN3O6/c1-18(5-3-7-26(36)32-14-4-6-23(32)17-34)29(39)24-15-21(30)10-13-25(24)33(28(29)38)16-20-8-11-22(12-9-20)31-27(37)19(2)35/h3,5,8-13,15,18-19,23,34-35,39H,4,6-7,14,16-17H2,1-2H3,(H,31,37)/b5-3+/t18-,19-,23-,29+/m0/s1. The second-order valence-corrected chi connectivity index (χ2v) is 10.6. The fourth-order valence-corrected chi connectivity index (χ4v) is 5.35. The Balaban J connectivity index is 1.51. The van der Waals surface area contributed by atoms with Gasteiger partial charge in [0.15, 0.2) is 5.60 Å². The van der Waals surface area contributed by atoms with Crippen molar-refractivity contribution in [1.82, 2.24) is 4.90 Å². The molecule has 4 N–H and O–H groups in total. The third-order valence-electron chi connectivity index (χ3n) is 7.46. The lowest BCUT2D eigenvalue weighted by atomic mass is 9.83. The minimum Gasteiger partial charge on any atom is -0.394 e. The molecule has 4 rings (SSSR count). The van der Waals surface area contributed by atoms with E-state index in [4.69, 9.17) is 11.6 Å². The molecular formula is C29H34ClN3O6. The van der Waals surface area contributed by atoms with E-state index in [9.17, 15) is 29.7 Å². The second-order valence-electron chi connectivity index (χ2n) is 10.2. The highest BCUT2D eigenvalue weighted by Gasteiger charge is 2.52. The first-order valence-electron chi connectivity index (χ1n) is 13.1. The first-order chi connectivity index (χ1) is 18.6. The van der Waals surface area contributed by atoms with Gasteiger partial charge in [0, 0.05) is 35.2 Å². The molecule has 208 valence electrons. The normalized spacial score (nSPS) is 22.3. The minimum absolute atomic E-state index is 0.0628. The Bertz CT molecular complexity index is 1260. The molecule has 0 aliphatic carbocycles. The van der Waals surface area contributed by atoms with E-state index in [1.54, 1.807) is 66.4 Å². The van der Waals surface area contributed by atoms with E-state index >= 15 is 0 Å². The lowest BCUT2D eigenvalue weighted by Crippen LogP contribution is -2.44. The zero-order valence-electron chi connectivity index (χ0n) is 22.0. The van der Waals surface area contributed by atoms with Crippen LogP contribution in [-0.4, -0.2) is 63.2 Å². The molecule has 3 amide bonds. The number of benzene rings is 2. The summed E-state index contributed by atoms with van der Waals surface area (Å²) in [5.41, 5.74) is 0.323. The van der Waals surface area contributed by atoms with Crippen LogP contribution in [0.25, 0.3) is 0 Å². The molecule has 0 radical (unpaired) electrons. The Labute approximate surface area is 232 Å². The summed E-state index contributed by atoms with van der Waals surface area (Å²) in [4.78, 5) is 41.3. The maximum absolute atomic E-state index is 13.7. The molecule has 2 aromatic carbocycles. The zero-order chi connectivity index (χ0) is 28.3. The van der Waals surface area contributed by atoms with Gasteiger partial charge in [0.2, 0.25) is 5.91 Å². The summed E-state index contributed by atoms with van der Waals surface area (Å²) >= 11 is 6.26. The van der Waals surface area contributed by atoms with Crippen LogP contribution < -0.4 is 10.2 Å². The Kier molecular flexibility index (Phi) is 8.76. The number of anilines is 2. The van der Waals surface area contributed by atoms with Crippen LogP contribution in [-0.2, 0) is 26.5 Å². The number of aliphatic hydroxyl groups excluding tert-OH is 2. The monoisotopic (exact) mass is 555 g/mol. The topological polar surface area (TPSA) is 130 Å². The predicted molar refractivity (Wildman–Crippen MR) is 148 cm³/mol. The number of aliphatic hydroxyl groups is 3. The number of carbonyl (C=O) groups is 3. The number of amides is 3.